The summed E-state index contributed by atoms with van der Waals surface area (Å²) >= 11 is 0. The van der Waals surface area contributed by atoms with E-state index in [1.165, 1.54) is 19.1 Å². The van der Waals surface area contributed by atoms with Gasteiger partial charge in [0.2, 0.25) is 0 Å². The van der Waals surface area contributed by atoms with Crippen molar-refractivity contribution in [1.29, 1.82) is 0 Å². The van der Waals surface area contributed by atoms with E-state index in [1.807, 2.05) is 81.4 Å². The van der Waals surface area contributed by atoms with Crippen LogP contribution in [0.3, 0.4) is 0 Å². The fourth-order valence-corrected chi connectivity index (χ4v) is 7.94. The number of alkyl halides is 4. The fraction of sp³-hybridized carbons (Fsp3) is 0.340. The Kier molecular flexibility index (Phi) is 12.2. The Balaban J connectivity index is 1.61. The first-order valence-corrected chi connectivity index (χ1v) is 19.4. The van der Waals surface area contributed by atoms with Crippen molar-refractivity contribution in [2.45, 2.75) is 93.0 Å². The molecule has 0 amide bonds. The molecule has 6 aromatic rings. The first-order valence-electron chi connectivity index (χ1n) is 19.4. The molecule has 0 saturated heterocycles. The molecule has 6 nitrogen and oxygen atoms in total. The number of hydrogen-bond donors (Lipinski definition) is 0. The van der Waals surface area contributed by atoms with Crippen molar-refractivity contribution in [1.82, 2.24) is 4.57 Å². The summed E-state index contributed by atoms with van der Waals surface area (Å²) in [5.41, 5.74) is 8.06. The summed E-state index contributed by atoms with van der Waals surface area (Å²) in [6.45, 7) is 12.6. The van der Waals surface area contributed by atoms with Crippen LogP contribution in [0.1, 0.15) is 95.8 Å². The number of oxime groups is 1. The first kappa shape index (κ1) is 41.1. The standard InChI is InChI=1S/C47H48F4N2O4/c1-8-10-13-32(9-2)25-53-41-19-16-33(45(55)42-29(5)20-27(3)21-30(42)6)23-38(41)40-24-39(36-14-11-12-15-37(36)44(40)53)43(52-57-31(7)54)35-18-17-34(22-28(35)4)56-26-47(50,51)46(48)49/h11-12,14-24,32,46H,8-10,13,25-26H2,1-7H3/b52-43+. The molecule has 0 radical (unpaired) electrons. The van der Waals surface area contributed by atoms with Gasteiger partial charge in [-0.15, -0.1) is 0 Å². The number of carbonyl (C=O) groups is 2. The molecular formula is C47H48F4N2O4. The zero-order chi connectivity index (χ0) is 41.2. The predicted molar refractivity (Wildman–Crippen MR) is 219 cm³/mol. The molecule has 5 aromatic carbocycles. The molecule has 6 rings (SSSR count). The van der Waals surface area contributed by atoms with Crippen LogP contribution >= 0.6 is 0 Å². The number of benzene rings is 5. The van der Waals surface area contributed by atoms with Gasteiger partial charge in [0, 0.05) is 57.4 Å². The lowest BCUT2D eigenvalue weighted by Gasteiger charge is -2.19. The summed E-state index contributed by atoms with van der Waals surface area (Å²) in [7, 11) is 0. The second-order valence-electron chi connectivity index (χ2n) is 15.1. The second kappa shape index (κ2) is 16.9. The van der Waals surface area contributed by atoms with E-state index < -0.39 is 24.9 Å². The van der Waals surface area contributed by atoms with Crippen molar-refractivity contribution in [2.24, 2.45) is 11.1 Å². The number of unbranched alkanes of at least 4 members (excludes halogenated alkanes) is 1. The topological polar surface area (TPSA) is 69.9 Å². The highest BCUT2D eigenvalue weighted by molar-refractivity contribution is 6.28. The zero-order valence-electron chi connectivity index (χ0n) is 33.4. The van der Waals surface area contributed by atoms with Crippen LogP contribution in [0, 0.1) is 33.6 Å². The van der Waals surface area contributed by atoms with Gasteiger partial charge >= 0.3 is 18.3 Å². The number of fused-ring (bicyclic) bond motifs is 5. The molecule has 0 fully saturated rings. The van der Waals surface area contributed by atoms with Gasteiger partial charge in [0.1, 0.15) is 11.5 Å². The second-order valence-corrected chi connectivity index (χ2v) is 15.1. The summed E-state index contributed by atoms with van der Waals surface area (Å²) in [6, 6.07) is 24.3. The fourth-order valence-electron chi connectivity index (χ4n) is 7.94. The molecule has 298 valence electrons. The molecule has 0 spiro atoms. The van der Waals surface area contributed by atoms with Crippen LogP contribution in [-0.4, -0.2) is 41.0 Å². The predicted octanol–water partition coefficient (Wildman–Crippen LogP) is 12.2. The zero-order valence-corrected chi connectivity index (χ0v) is 33.4. The number of ether oxygens (including phenoxy) is 1. The van der Waals surface area contributed by atoms with Gasteiger partial charge in [-0.1, -0.05) is 80.2 Å². The number of hydrogen-bond acceptors (Lipinski definition) is 5. The molecular weight excluding hydrogens is 733 g/mol. The molecule has 1 atom stereocenters. The maximum absolute atomic E-state index is 14.3. The van der Waals surface area contributed by atoms with E-state index in [0.717, 1.165) is 81.5 Å². The number of ketones is 1. The highest BCUT2D eigenvalue weighted by atomic mass is 19.3. The number of rotatable bonds is 15. The van der Waals surface area contributed by atoms with E-state index in [0.29, 0.717) is 39.4 Å². The lowest BCUT2D eigenvalue weighted by Crippen LogP contribution is -2.33. The summed E-state index contributed by atoms with van der Waals surface area (Å²) in [4.78, 5) is 31.8. The van der Waals surface area contributed by atoms with Crippen LogP contribution in [0.2, 0.25) is 0 Å². The summed E-state index contributed by atoms with van der Waals surface area (Å²) in [5.74, 6) is -4.66. The van der Waals surface area contributed by atoms with E-state index in [2.05, 4.69) is 23.6 Å². The molecule has 0 aliphatic heterocycles. The quantitative estimate of drug-likeness (QED) is 0.0342. The molecule has 57 heavy (non-hydrogen) atoms. The molecule has 0 N–H and O–H groups in total. The van der Waals surface area contributed by atoms with Crippen molar-refractivity contribution < 1.29 is 36.7 Å². The van der Waals surface area contributed by atoms with E-state index in [-0.39, 0.29) is 11.5 Å². The van der Waals surface area contributed by atoms with Crippen molar-refractivity contribution >= 4 is 50.0 Å². The summed E-state index contributed by atoms with van der Waals surface area (Å²) < 4.78 is 60.6. The Labute approximate surface area is 330 Å². The largest absolute Gasteiger partial charge is 0.487 e. The number of nitrogens with zero attached hydrogens (tertiary/aromatic N) is 2. The molecule has 1 heterocycles. The first-order chi connectivity index (χ1) is 27.1. The minimum atomic E-state index is -4.32. The van der Waals surface area contributed by atoms with Gasteiger partial charge in [0.15, 0.2) is 12.4 Å². The van der Waals surface area contributed by atoms with Crippen molar-refractivity contribution in [2.75, 3.05) is 6.61 Å². The van der Waals surface area contributed by atoms with Gasteiger partial charge in [-0.25, -0.2) is 13.6 Å². The van der Waals surface area contributed by atoms with Crippen molar-refractivity contribution in [3.05, 3.63) is 123 Å². The Hall–Kier alpha value is -5.51. The van der Waals surface area contributed by atoms with Crippen LogP contribution in [0.25, 0.3) is 32.6 Å². The van der Waals surface area contributed by atoms with Crippen LogP contribution in [-0.2, 0) is 16.2 Å². The third kappa shape index (κ3) is 8.46. The van der Waals surface area contributed by atoms with E-state index >= 15 is 0 Å². The smallest absolute Gasteiger partial charge is 0.340 e. The Bertz CT molecular complexity index is 2500. The minimum Gasteiger partial charge on any atom is -0.487 e. The Morgan fingerprint density at radius 3 is 2.14 bits per heavy atom. The van der Waals surface area contributed by atoms with Gasteiger partial charge in [-0.3, -0.25) is 4.79 Å². The van der Waals surface area contributed by atoms with Crippen molar-refractivity contribution in [3.63, 3.8) is 0 Å². The van der Waals surface area contributed by atoms with Crippen LogP contribution in [0.4, 0.5) is 17.6 Å². The van der Waals surface area contributed by atoms with Gasteiger partial charge in [-0.05, 0) is 105 Å². The van der Waals surface area contributed by atoms with Gasteiger partial charge in [0.25, 0.3) is 0 Å². The maximum atomic E-state index is 14.3. The van der Waals surface area contributed by atoms with Gasteiger partial charge in [-0.2, -0.15) is 8.78 Å². The Morgan fingerprint density at radius 1 is 0.807 bits per heavy atom. The van der Waals surface area contributed by atoms with Crippen LogP contribution in [0.15, 0.2) is 84.0 Å². The molecule has 1 aromatic heterocycles. The number of aryl methyl sites for hydroxylation is 4. The van der Waals surface area contributed by atoms with Gasteiger partial charge in [0.05, 0.1) is 5.52 Å². The highest BCUT2D eigenvalue weighted by Gasteiger charge is 2.41. The van der Waals surface area contributed by atoms with E-state index in [9.17, 15) is 27.2 Å². The molecule has 0 aliphatic rings. The molecule has 1 unspecified atom stereocenters. The minimum absolute atomic E-state index is 0.0309. The number of halogens is 4. The Morgan fingerprint density at radius 2 is 1.51 bits per heavy atom. The lowest BCUT2D eigenvalue weighted by molar-refractivity contribution is -0.148. The monoisotopic (exact) mass is 780 g/mol. The average Bonchev–Trinajstić information content (AvgIpc) is 3.47. The van der Waals surface area contributed by atoms with Crippen molar-refractivity contribution in [3.8, 4) is 5.75 Å². The van der Waals surface area contributed by atoms with E-state index in [1.54, 1.807) is 13.0 Å². The molecule has 0 saturated carbocycles. The average molecular weight is 781 g/mol. The maximum Gasteiger partial charge on any atom is 0.340 e. The van der Waals surface area contributed by atoms with Crippen LogP contribution in [0.5, 0.6) is 5.75 Å². The molecule has 0 aliphatic carbocycles. The number of carbonyl (C=O) groups excluding carboxylic acids is 2. The van der Waals surface area contributed by atoms with Crippen LogP contribution < -0.4 is 4.74 Å². The summed E-state index contributed by atoms with van der Waals surface area (Å²) in [5, 5.41) is 7.85. The van der Waals surface area contributed by atoms with E-state index in [4.69, 9.17) is 9.57 Å². The normalized spacial score (nSPS) is 12.9. The highest BCUT2D eigenvalue weighted by Crippen LogP contribution is 2.40. The summed E-state index contributed by atoms with van der Waals surface area (Å²) in [6.07, 6.45) is 0.409. The number of aromatic nitrogens is 1. The third-order valence-corrected chi connectivity index (χ3v) is 10.7. The lowest BCUT2D eigenvalue weighted by atomic mass is 9.91. The molecule has 10 heteroatoms. The molecule has 0 bridgehead atoms. The third-order valence-electron chi connectivity index (χ3n) is 10.7. The SMILES string of the molecule is CCCCC(CC)Cn1c2ccc(C(=O)c3c(C)cc(C)cc3C)cc2c2cc(/C(=N/OC(C)=O)c3ccc(OCC(F)(F)C(F)F)cc3C)c3ccccc3c21. The van der Waals surface area contributed by atoms with Gasteiger partial charge < -0.3 is 14.1 Å².